The van der Waals surface area contributed by atoms with Crippen LogP contribution in [0.2, 0.25) is 0 Å². The highest BCUT2D eigenvalue weighted by Gasteiger charge is 2.53. The van der Waals surface area contributed by atoms with Crippen molar-refractivity contribution in [1.82, 2.24) is 29.9 Å². The van der Waals surface area contributed by atoms with Gasteiger partial charge in [0.15, 0.2) is 11.5 Å². The first-order valence-corrected chi connectivity index (χ1v) is 10.0. The second-order valence-electron chi connectivity index (χ2n) is 7.26. The summed E-state index contributed by atoms with van der Waals surface area (Å²) in [5.74, 6) is 0.581. The van der Waals surface area contributed by atoms with Crippen LogP contribution in [-0.4, -0.2) is 40.7 Å². The quantitative estimate of drug-likeness (QED) is 0.437. The van der Waals surface area contributed by atoms with E-state index in [1.54, 1.807) is 24.1 Å². The Bertz CT molecular complexity index is 1180. The Hall–Kier alpha value is -1.76. The highest BCUT2D eigenvalue weighted by Crippen LogP contribution is 2.53. The van der Waals surface area contributed by atoms with Crippen molar-refractivity contribution in [2.75, 3.05) is 0 Å². The van der Waals surface area contributed by atoms with Crippen LogP contribution in [0.3, 0.4) is 0 Å². The first kappa shape index (κ1) is 17.3. The molecule has 1 saturated carbocycles. The fraction of sp³-hybridized carbons (Fsp3) is 0.353. The van der Waals surface area contributed by atoms with E-state index in [9.17, 15) is 5.11 Å². The third-order valence-corrected chi connectivity index (χ3v) is 7.25. The van der Waals surface area contributed by atoms with E-state index < -0.39 is 5.60 Å². The number of hydrogen-bond donors (Lipinski definition) is 1. The summed E-state index contributed by atoms with van der Waals surface area (Å²) >= 11 is 3.40. The van der Waals surface area contributed by atoms with Gasteiger partial charge in [-0.2, -0.15) is 0 Å². The van der Waals surface area contributed by atoms with Gasteiger partial charge < -0.3 is 8.17 Å². The van der Waals surface area contributed by atoms with Crippen LogP contribution in [-0.2, 0) is 15.7 Å². The molecule has 4 aromatic rings. The number of aryl methyl sites for hydroxylation is 1. The maximum atomic E-state index is 10.9. The van der Waals surface area contributed by atoms with Gasteiger partial charge in [0.05, 0.1) is 5.60 Å². The van der Waals surface area contributed by atoms with Gasteiger partial charge in [-0.05, 0) is 19.1 Å². The minimum Gasteiger partial charge on any atom is -0.384 e. The molecule has 1 fully saturated rings. The third-order valence-electron chi connectivity index (χ3n) is 4.95. The van der Waals surface area contributed by atoms with Crippen LogP contribution in [0.15, 0.2) is 24.5 Å². The number of nitrogens with zero attached hydrogens (tertiary/aromatic N) is 6. The average Bonchev–Trinajstić information content (AvgIpc) is 3.23. The van der Waals surface area contributed by atoms with Crippen LogP contribution < -0.4 is 0 Å². The molecule has 0 amide bonds. The van der Waals surface area contributed by atoms with Crippen LogP contribution in [0.4, 0.5) is 0 Å². The molecule has 8 nitrogen and oxygen atoms in total. The van der Waals surface area contributed by atoms with Crippen LogP contribution in [0, 0.1) is 0 Å². The van der Waals surface area contributed by atoms with Crippen molar-refractivity contribution in [3.63, 3.8) is 0 Å². The normalized spacial score (nSPS) is 25.2. The maximum Gasteiger partial charge on any atom is 0.178 e. The van der Waals surface area contributed by atoms with Crippen molar-refractivity contribution in [3.8, 4) is 11.4 Å². The zero-order valence-corrected chi connectivity index (χ0v) is 17.5. The Balaban J connectivity index is 1.52. The van der Waals surface area contributed by atoms with Gasteiger partial charge in [0.1, 0.15) is 39.0 Å². The van der Waals surface area contributed by atoms with Crippen molar-refractivity contribution in [1.29, 1.82) is 0 Å². The molecule has 5 rings (SSSR count). The number of thiophene rings is 1. The number of rotatable bonds is 3. The van der Waals surface area contributed by atoms with E-state index in [4.69, 9.17) is 3.07 Å². The Morgan fingerprint density at radius 2 is 2.07 bits per heavy atom. The largest absolute Gasteiger partial charge is 0.384 e. The summed E-state index contributed by atoms with van der Waals surface area (Å²) in [5, 5.41) is 19.9. The SMILES string of the molecule is Cn1nnc2cc(-c3ncc4cc(C5(O)CC(C)(OI)C5)sc4n3)cnc21. The monoisotopic (exact) mass is 494 g/mol. The lowest BCUT2D eigenvalue weighted by atomic mass is 9.67. The molecule has 0 aromatic carbocycles. The van der Waals surface area contributed by atoms with Gasteiger partial charge in [0.2, 0.25) is 0 Å². The van der Waals surface area contributed by atoms with Gasteiger partial charge >= 0.3 is 0 Å². The van der Waals surface area contributed by atoms with Crippen LogP contribution in [0.5, 0.6) is 0 Å². The average molecular weight is 494 g/mol. The number of hydrogen-bond acceptors (Lipinski definition) is 8. The van der Waals surface area contributed by atoms with E-state index in [1.165, 1.54) is 11.3 Å². The van der Waals surface area contributed by atoms with E-state index in [0.29, 0.717) is 29.8 Å². The van der Waals surface area contributed by atoms with Gasteiger partial charge in [-0.25, -0.2) is 19.6 Å². The second-order valence-corrected chi connectivity index (χ2v) is 8.73. The Labute approximate surface area is 172 Å². The molecule has 1 aliphatic carbocycles. The molecule has 0 bridgehead atoms. The lowest BCUT2D eigenvalue weighted by molar-refractivity contribution is -0.146. The molecule has 0 unspecified atom stereocenters. The molecule has 1 N–H and O–H groups in total. The predicted molar refractivity (Wildman–Crippen MR) is 109 cm³/mol. The lowest BCUT2D eigenvalue weighted by Gasteiger charge is -2.49. The molecule has 1 aliphatic rings. The smallest absolute Gasteiger partial charge is 0.178 e. The molecule has 4 heterocycles. The summed E-state index contributed by atoms with van der Waals surface area (Å²) in [5.41, 5.74) is 1.07. The van der Waals surface area contributed by atoms with Gasteiger partial charge in [-0.15, -0.1) is 16.4 Å². The van der Waals surface area contributed by atoms with E-state index in [2.05, 4.69) is 25.3 Å². The van der Waals surface area contributed by atoms with E-state index >= 15 is 0 Å². The van der Waals surface area contributed by atoms with Crippen molar-refractivity contribution < 1.29 is 8.17 Å². The molecule has 0 aliphatic heterocycles. The van der Waals surface area contributed by atoms with Crippen LogP contribution in [0.25, 0.3) is 32.8 Å². The summed E-state index contributed by atoms with van der Waals surface area (Å²) < 4.78 is 7.07. The summed E-state index contributed by atoms with van der Waals surface area (Å²) in [7, 11) is 1.80. The van der Waals surface area contributed by atoms with Crippen molar-refractivity contribution in [2.45, 2.75) is 31.0 Å². The molecule has 0 atom stereocenters. The first-order valence-electron chi connectivity index (χ1n) is 8.34. The molecule has 0 spiro atoms. The molecule has 0 saturated heterocycles. The number of halogens is 1. The molecule has 10 heteroatoms. The standard InChI is InChI=1S/C17H15IN6O2S/c1-16(26-18)7-17(25,8-16)12-4-10-6-19-13(21-15(10)27-12)9-3-11-14(20-5-9)24(2)23-22-11/h3-6,25H,7-8H2,1-2H3. The lowest BCUT2D eigenvalue weighted by Crippen LogP contribution is -2.52. The fourth-order valence-corrected chi connectivity index (χ4v) is 5.06. The molecule has 138 valence electrons. The van der Waals surface area contributed by atoms with Crippen molar-refractivity contribution >= 4 is 55.7 Å². The Morgan fingerprint density at radius 3 is 2.85 bits per heavy atom. The van der Waals surface area contributed by atoms with Crippen LogP contribution in [0.1, 0.15) is 24.6 Å². The second kappa shape index (κ2) is 5.87. The minimum absolute atomic E-state index is 0.278. The molecule has 4 aromatic heterocycles. The summed E-state index contributed by atoms with van der Waals surface area (Å²) in [6.45, 7) is 2.01. The zero-order valence-electron chi connectivity index (χ0n) is 14.5. The molecule has 0 radical (unpaired) electrons. The van der Waals surface area contributed by atoms with E-state index in [1.807, 2.05) is 42.1 Å². The van der Waals surface area contributed by atoms with E-state index in [-0.39, 0.29) is 5.60 Å². The van der Waals surface area contributed by atoms with Gasteiger partial charge in [-0.1, -0.05) is 5.21 Å². The highest BCUT2D eigenvalue weighted by atomic mass is 127. The first-order chi connectivity index (χ1) is 12.9. The predicted octanol–water partition coefficient (Wildman–Crippen LogP) is 3.14. The van der Waals surface area contributed by atoms with Gasteiger partial charge in [0.25, 0.3) is 0 Å². The minimum atomic E-state index is -0.856. The number of aromatic nitrogens is 6. The Morgan fingerprint density at radius 1 is 1.26 bits per heavy atom. The van der Waals surface area contributed by atoms with E-state index in [0.717, 1.165) is 20.7 Å². The number of fused-ring (bicyclic) bond motifs is 2. The zero-order chi connectivity index (χ0) is 18.8. The van der Waals surface area contributed by atoms with Gasteiger partial charge in [-0.3, -0.25) is 0 Å². The summed E-state index contributed by atoms with van der Waals surface area (Å²) in [6, 6.07) is 3.86. The molecular weight excluding hydrogens is 479 g/mol. The van der Waals surface area contributed by atoms with Crippen molar-refractivity contribution in [3.05, 3.63) is 29.4 Å². The van der Waals surface area contributed by atoms with Crippen LogP contribution >= 0.6 is 34.3 Å². The highest BCUT2D eigenvalue weighted by molar-refractivity contribution is 14.1. The maximum absolute atomic E-state index is 10.9. The fourth-order valence-electron chi connectivity index (χ4n) is 3.66. The van der Waals surface area contributed by atoms with Crippen molar-refractivity contribution in [2.24, 2.45) is 7.05 Å². The van der Waals surface area contributed by atoms with Gasteiger partial charge in [0, 0.05) is 48.1 Å². The number of pyridine rings is 1. The molecular formula is C17H15IN6O2S. The Kier molecular flexibility index (Phi) is 3.77. The number of aliphatic hydroxyl groups is 1. The topological polar surface area (TPSA) is 98.8 Å². The third kappa shape index (κ3) is 2.73. The molecule has 27 heavy (non-hydrogen) atoms. The summed E-state index contributed by atoms with van der Waals surface area (Å²) in [4.78, 5) is 15.3. The summed E-state index contributed by atoms with van der Waals surface area (Å²) in [6.07, 6.45) is 4.66.